The second kappa shape index (κ2) is 7.68. The van der Waals surface area contributed by atoms with Crippen molar-refractivity contribution in [3.05, 3.63) is 47.5 Å². The largest absolute Gasteiger partial charge is 0.354 e. The van der Waals surface area contributed by atoms with Gasteiger partial charge in [0.25, 0.3) is 11.8 Å². The minimum absolute atomic E-state index is 0.0367. The van der Waals surface area contributed by atoms with E-state index in [2.05, 4.69) is 12.2 Å². The molecule has 1 aliphatic heterocycles. The predicted octanol–water partition coefficient (Wildman–Crippen LogP) is 3.52. The molecule has 0 fully saturated rings. The minimum atomic E-state index is -0.279. The lowest BCUT2D eigenvalue weighted by molar-refractivity contribution is -0.121. The Morgan fingerprint density at radius 1 is 1.08 bits per heavy atom. The SMILES string of the molecule is CCC[C@H](C)NC(=O)CCCN1C(=O)c2cccc3cccc(c23)C1=O. The second-order valence-corrected chi connectivity index (χ2v) is 6.83. The van der Waals surface area contributed by atoms with Crippen LogP contribution in [0.15, 0.2) is 36.4 Å². The van der Waals surface area contributed by atoms with Gasteiger partial charge in [0, 0.05) is 35.5 Å². The molecule has 0 aromatic heterocycles. The van der Waals surface area contributed by atoms with Crippen LogP contribution in [0.25, 0.3) is 10.8 Å². The van der Waals surface area contributed by atoms with Crippen LogP contribution in [0.3, 0.4) is 0 Å². The number of imide groups is 1. The summed E-state index contributed by atoms with van der Waals surface area (Å²) in [6.45, 7) is 4.31. The lowest BCUT2D eigenvalue weighted by atomic mass is 9.94. The van der Waals surface area contributed by atoms with E-state index in [0.29, 0.717) is 24.0 Å². The van der Waals surface area contributed by atoms with Crippen LogP contribution in [0.5, 0.6) is 0 Å². The molecule has 1 atom stereocenters. The van der Waals surface area contributed by atoms with Gasteiger partial charge >= 0.3 is 0 Å². The van der Waals surface area contributed by atoms with Gasteiger partial charge in [-0.3, -0.25) is 19.3 Å². The number of hydrogen-bond donors (Lipinski definition) is 1. The molecule has 5 nitrogen and oxygen atoms in total. The normalized spacial score (nSPS) is 14.6. The molecule has 3 amide bonds. The molecule has 0 saturated heterocycles. The summed E-state index contributed by atoms with van der Waals surface area (Å²) < 4.78 is 0. The standard InChI is InChI=1S/C21H24N2O3/c1-3-7-14(2)22-18(24)12-6-13-23-20(25)16-10-4-8-15-9-5-11-17(19(15)16)21(23)26/h4-5,8-11,14H,3,6-7,12-13H2,1-2H3,(H,22,24)/t14-/m0/s1. The predicted molar refractivity (Wildman–Crippen MR) is 101 cm³/mol. The van der Waals surface area contributed by atoms with Crippen molar-refractivity contribution in [1.82, 2.24) is 10.2 Å². The fraction of sp³-hybridized carbons (Fsp3) is 0.381. The highest BCUT2D eigenvalue weighted by molar-refractivity contribution is 6.25. The Morgan fingerprint density at radius 2 is 1.69 bits per heavy atom. The van der Waals surface area contributed by atoms with E-state index in [1.54, 1.807) is 12.1 Å². The topological polar surface area (TPSA) is 66.5 Å². The maximum Gasteiger partial charge on any atom is 0.261 e. The van der Waals surface area contributed by atoms with Crippen molar-refractivity contribution in [3.8, 4) is 0 Å². The molecule has 2 aromatic rings. The molecule has 0 aliphatic carbocycles. The molecule has 5 heteroatoms. The first-order valence-electron chi connectivity index (χ1n) is 9.20. The van der Waals surface area contributed by atoms with E-state index in [9.17, 15) is 14.4 Å². The number of amides is 3. The zero-order valence-electron chi connectivity index (χ0n) is 15.2. The molecule has 1 N–H and O–H groups in total. The van der Waals surface area contributed by atoms with Crippen LogP contribution in [-0.2, 0) is 4.79 Å². The van der Waals surface area contributed by atoms with Gasteiger partial charge in [-0.25, -0.2) is 0 Å². The van der Waals surface area contributed by atoms with E-state index >= 15 is 0 Å². The molecule has 3 rings (SSSR count). The Kier molecular flexibility index (Phi) is 5.35. The summed E-state index contributed by atoms with van der Waals surface area (Å²) in [4.78, 5) is 38.8. The summed E-state index contributed by atoms with van der Waals surface area (Å²) >= 11 is 0. The molecular weight excluding hydrogens is 328 g/mol. The smallest absolute Gasteiger partial charge is 0.261 e. The first-order valence-corrected chi connectivity index (χ1v) is 9.20. The summed E-state index contributed by atoms with van der Waals surface area (Å²) in [5.41, 5.74) is 1.11. The average molecular weight is 352 g/mol. The van der Waals surface area contributed by atoms with Crippen LogP contribution in [0, 0.1) is 0 Å². The molecule has 26 heavy (non-hydrogen) atoms. The Balaban J connectivity index is 1.68. The molecule has 136 valence electrons. The van der Waals surface area contributed by atoms with E-state index in [1.807, 2.05) is 31.2 Å². The van der Waals surface area contributed by atoms with E-state index in [4.69, 9.17) is 0 Å². The summed E-state index contributed by atoms with van der Waals surface area (Å²) in [5.74, 6) is -0.594. The van der Waals surface area contributed by atoms with Crippen molar-refractivity contribution in [1.29, 1.82) is 0 Å². The third-order valence-electron chi connectivity index (χ3n) is 4.77. The summed E-state index contributed by atoms with van der Waals surface area (Å²) in [6.07, 6.45) is 2.72. The Bertz CT molecular complexity index is 809. The fourth-order valence-corrected chi connectivity index (χ4v) is 3.53. The highest BCUT2D eigenvalue weighted by atomic mass is 16.2. The molecule has 0 spiro atoms. The third-order valence-corrected chi connectivity index (χ3v) is 4.77. The molecule has 0 unspecified atom stereocenters. The Labute approximate surface area is 153 Å². The second-order valence-electron chi connectivity index (χ2n) is 6.83. The van der Waals surface area contributed by atoms with Gasteiger partial charge in [-0.2, -0.15) is 0 Å². The number of carbonyl (C=O) groups is 3. The van der Waals surface area contributed by atoms with Gasteiger partial charge in [0.05, 0.1) is 0 Å². The highest BCUT2D eigenvalue weighted by Gasteiger charge is 2.32. The Morgan fingerprint density at radius 3 is 2.27 bits per heavy atom. The lowest BCUT2D eigenvalue weighted by Crippen LogP contribution is -2.41. The minimum Gasteiger partial charge on any atom is -0.354 e. The number of nitrogens with zero attached hydrogens (tertiary/aromatic N) is 1. The lowest BCUT2D eigenvalue weighted by Gasteiger charge is -2.27. The number of hydrogen-bond acceptors (Lipinski definition) is 3. The molecule has 1 heterocycles. The van der Waals surface area contributed by atoms with Crippen LogP contribution in [0.2, 0.25) is 0 Å². The Hall–Kier alpha value is -2.69. The summed E-state index contributed by atoms with van der Waals surface area (Å²) in [6, 6.07) is 11.1. The molecule has 2 aromatic carbocycles. The van der Waals surface area contributed by atoms with Crippen molar-refractivity contribution in [2.75, 3.05) is 6.54 Å². The van der Waals surface area contributed by atoms with Crippen LogP contribution < -0.4 is 5.32 Å². The highest BCUT2D eigenvalue weighted by Crippen LogP contribution is 2.29. The van der Waals surface area contributed by atoms with Gasteiger partial charge in [0.2, 0.25) is 5.91 Å². The maximum absolute atomic E-state index is 12.8. The van der Waals surface area contributed by atoms with E-state index < -0.39 is 0 Å². The molecule has 0 saturated carbocycles. The van der Waals surface area contributed by atoms with Gasteiger partial charge in [-0.1, -0.05) is 37.6 Å². The van der Waals surface area contributed by atoms with Crippen LogP contribution in [0.1, 0.15) is 60.2 Å². The van der Waals surface area contributed by atoms with Crippen LogP contribution >= 0.6 is 0 Å². The number of rotatable bonds is 7. The van der Waals surface area contributed by atoms with Crippen molar-refractivity contribution in [2.24, 2.45) is 0 Å². The van der Waals surface area contributed by atoms with Crippen LogP contribution in [-0.4, -0.2) is 35.2 Å². The third kappa shape index (κ3) is 3.47. The zero-order valence-corrected chi connectivity index (χ0v) is 15.2. The first-order chi connectivity index (χ1) is 12.5. The molecule has 1 aliphatic rings. The van der Waals surface area contributed by atoms with Gasteiger partial charge in [0.1, 0.15) is 0 Å². The van der Waals surface area contributed by atoms with Crippen molar-refractivity contribution >= 4 is 28.5 Å². The number of nitrogens with one attached hydrogen (secondary N) is 1. The summed E-state index contributed by atoms with van der Waals surface area (Å²) in [7, 11) is 0. The van der Waals surface area contributed by atoms with E-state index in [0.717, 1.165) is 23.6 Å². The average Bonchev–Trinajstić information content (AvgIpc) is 2.62. The van der Waals surface area contributed by atoms with Gasteiger partial charge < -0.3 is 5.32 Å². The monoisotopic (exact) mass is 352 g/mol. The zero-order chi connectivity index (χ0) is 18.7. The summed E-state index contributed by atoms with van der Waals surface area (Å²) in [5, 5.41) is 4.57. The van der Waals surface area contributed by atoms with Gasteiger partial charge in [0.15, 0.2) is 0 Å². The first kappa shape index (κ1) is 18.1. The van der Waals surface area contributed by atoms with Crippen LogP contribution in [0.4, 0.5) is 0 Å². The number of benzene rings is 2. The number of carbonyl (C=O) groups excluding carboxylic acids is 3. The van der Waals surface area contributed by atoms with Crippen molar-refractivity contribution < 1.29 is 14.4 Å². The quantitative estimate of drug-likeness (QED) is 0.775. The van der Waals surface area contributed by atoms with E-state index in [-0.39, 0.29) is 30.3 Å². The molecule has 0 bridgehead atoms. The molecule has 0 radical (unpaired) electrons. The van der Waals surface area contributed by atoms with Crippen molar-refractivity contribution in [2.45, 2.75) is 45.6 Å². The fourth-order valence-electron chi connectivity index (χ4n) is 3.53. The van der Waals surface area contributed by atoms with Gasteiger partial charge in [-0.05, 0) is 37.3 Å². The van der Waals surface area contributed by atoms with E-state index in [1.165, 1.54) is 4.90 Å². The van der Waals surface area contributed by atoms with Crippen molar-refractivity contribution in [3.63, 3.8) is 0 Å². The maximum atomic E-state index is 12.8. The molecular formula is C21H24N2O3. The van der Waals surface area contributed by atoms with Gasteiger partial charge in [-0.15, -0.1) is 0 Å².